The van der Waals surface area contributed by atoms with Gasteiger partial charge in [0.15, 0.2) is 0 Å². The highest BCUT2D eigenvalue weighted by Gasteiger charge is 2.28. The van der Waals surface area contributed by atoms with Gasteiger partial charge in [0.05, 0.1) is 17.9 Å². The van der Waals surface area contributed by atoms with E-state index in [4.69, 9.17) is 5.73 Å². The summed E-state index contributed by atoms with van der Waals surface area (Å²) in [6.45, 7) is 0.0155. The predicted molar refractivity (Wildman–Crippen MR) is 99.0 cm³/mol. The second-order valence-corrected chi connectivity index (χ2v) is 6.40. The molecule has 2 aromatic carbocycles. The summed E-state index contributed by atoms with van der Waals surface area (Å²) in [6, 6.07) is 12.9. The number of carbonyl (C=O) groups excluding carboxylic acids is 1. The van der Waals surface area contributed by atoms with Crippen LogP contribution < -0.4 is 16.4 Å². The molecule has 0 saturated heterocycles. The largest absolute Gasteiger partial charge is 0.399 e. The van der Waals surface area contributed by atoms with Crippen LogP contribution in [0, 0.1) is 0 Å². The van der Waals surface area contributed by atoms with Crippen LogP contribution in [0.4, 0.5) is 15.8 Å². The van der Waals surface area contributed by atoms with Gasteiger partial charge in [-0.15, -0.1) is 0 Å². The van der Waals surface area contributed by atoms with Crippen molar-refractivity contribution in [1.82, 2.24) is 5.32 Å². The van der Waals surface area contributed by atoms with Crippen molar-refractivity contribution in [2.75, 3.05) is 24.3 Å². The Morgan fingerprint density at radius 1 is 1.25 bits per heavy atom. The lowest BCUT2D eigenvalue weighted by Gasteiger charge is -2.14. The first kappa shape index (κ1) is 16.5. The van der Waals surface area contributed by atoms with E-state index in [1.165, 1.54) is 0 Å². The fraction of sp³-hybridized carbons (Fsp3) is 0.167. The van der Waals surface area contributed by atoms with Crippen LogP contribution in [0.3, 0.4) is 0 Å². The molecule has 0 aliphatic carbocycles. The quantitative estimate of drug-likeness (QED) is 0.413. The van der Waals surface area contributed by atoms with Crippen LogP contribution in [-0.2, 0) is 4.79 Å². The molecule has 4 N–H and O–H groups in total. The first-order valence-corrected chi connectivity index (χ1v) is 8.40. The van der Waals surface area contributed by atoms with E-state index in [-0.39, 0.29) is 5.91 Å². The van der Waals surface area contributed by atoms with Crippen LogP contribution in [0.25, 0.3) is 11.3 Å². The van der Waals surface area contributed by atoms with Crippen molar-refractivity contribution in [2.24, 2.45) is 0 Å². The van der Waals surface area contributed by atoms with E-state index >= 15 is 0 Å². The molecule has 4 nitrogen and oxygen atoms in total. The Labute approximate surface area is 148 Å². The van der Waals surface area contributed by atoms with Gasteiger partial charge < -0.3 is 16.4 Å². The van der Waals surface area contributed by atoms with E-state index in [0.29, 0.717) is 29.9 Å². The smallest absolute Gasteiger partial charge is 0.258 e. The second kappa shape index (κ2) is 7.05. The average molecular weight is 390 g/mol. The van der Waals surface area contributed by atoms with Crippen molar-refractivity contribution < 1.29 is 9.18 Å². The van der Waals surface area contributed by atoms with Crippen molar-refractivity contribution in [3.05, 3.63) is 58.1 Å². The minimum Gasteiger partial charge on any atom is -0.399 e. The average Bonchev–Trinajstić information content (AvgIpc) is 2.87. The molecule has 0 radical (unpaired) electrons. The standard InChI is InChI=1S/C18H17BrFN3O/c19-12-5-6-15-14(10-12)16(18(24)23-15)17(22-8-2-7-20)11-3-1-4-13(21)9-11/h1,3-6,9-10,22H,2,7-8,21H2,(H,23,24)/b17-16-. The molecule has 124 valence electrons. The molecule has 0 atom stereocenters. The lowest BCUT2D eigenvalue weighted by Crippen LogP contribution is -2.18. The van der Waals surface area contributed by atoms with Gasteiger partial charge in [-0.05, 0) is 36.8 Å². The van der Waals surface area contributed by atoms with E-state index in [2.05, 4.69) is 26.6 Å². The number of rotatable bonds is 5. The Morgan fingerprint density at radius 3 is 2.83 bits per heavy atom. The van der Waals surface area contributed by atoms with Gasteiger partial charge in [0, 0.05) is 33.5 Å². The maximum Gasteiger partial charge on any atom is 0.258 e. The van der Waals surface area contributed by atoms with Gasteiger partial charge >= 0.3 is 0 Å². The van der Waals surface area contributed by atoms with Gasteiger partial charge in [-0.1, -0.05) is 28.1 Å². The highest BCUT2D eigenvalue weighted by atomic mass is 79.9. The van der Waals surface area contributed by atoms with E-state index in [0.717, 1.165) is 21.3 Å². The molecular weight excluding hydrogens is 373 g/mol. The molecule has 3 rings (SSSR count). The van der Waals surface area contributed by atoms with Crippen LogP contribution >= 0.6 is 15.9 Å². The molecule has 0 spiro atoms. The van der Waals surface area contributed by atoms with Crippen molar-refractivity contribution in [2.45, 2.75) is 6.42 Å². The molecule has 24 heavy (non-hydrogen) atoms. The van der Waals surface area contributed by atoms with Gasteiger partial charge in [0.25, 0.3) is 5.91 Å². The number of alkyl halides is 1. The number of anilines is 2. The van der Waals surface area contributed by atoms with E-state index in [9.17, 15) is 9.18 Å². The van der Waals surface area contributed by atoms with Crippen molar-refractivity contribution >= 4 is 44.5 Å². The molecule has 2 aromatic rings. The summed E-state index contributed by atoms with van der Waals surface area (Å²) in [5.41, 5.74) is 10.0. The Hall–Kier alpha value is -2.34. The molecule has 0 unspecified atom stereocenters. The van der Waals surface area contributed by atoms with Gasteiger partial charge in [0.2, 0.25) is 0 Å². The number of nitrogen functional groups attached to an aromatic ring is 1. The monoisotopic (exact) mass is 389 g/mol. The van der Waals surface area contributed by atoms with Gasteiger partial charge in [0.1, 0.15) is 0 Å². The fourth-order valence-corrected chi connectivity index (χ4v) is 3.06. The minimum absolute atomic E-state index is 0.187. The number of nitrogens with two attached hydrogens (primary N) is 1. The summed E-state index contributed by atoms with van der Waals surface area (Å²) in [5.74, 6) is -0.187. The van der Waals surface area contributed by atoms with Gasteiger partial charge in [-0.25, -0.2) is 0 Å². The van der Waals surface area contributed by atoms with Gasteiger partial charge in [-0.2, -0.15) is 0 Å². The third-order valence-electron chi connectivity index (χ3n) is 3.76. The molecular formula is C18H17BrFN3O. The highest BCUT2D eigenvalue weighted by molar-refractivity contribution is 9.10. The summed E-state index contributed by atoms with van der Waals surface area (Å²) in [6.07, 6.45) is 0.367. The third kappa shape index (κ3) is 3.28. The van der Waals surface area contributed by atoms with Gasteiger partial charge in [-0.3, -0.25) is 9.18 Å². The highest BCUT2D eigenvalue weighted by Crippen LogP contribution is 2.37. The number of hydrogen-bond donors (Lipinski definition) is 3. The number of benzene rings is 2. The number of nitrogens with one attached hydrogen (secondary N) is 2. The van der Waals surface area contributed by atoms with Crippen LogP contribution in [0.15, 0.2) is 46.9 Å². The van der Waals surface area contributed by atoms with Crippen LogP contribution in [-0.4, -0.2) is 19.1 Å². The molecule has 0 saturated carbocycles. The molecule has 1 amide bonds. The first-order valence-electron chi connectivity index (χ1n) is 7.61. The number of amides is 1. The van der Waals surface area contributed by atoms with E-state index in [1.807, 2.05) is 30.3 Å². The molecule has 6 heteroatoms. The number of halogens is 2. The fourth-order valence-electron chi connectivity index (χ4n) is 2.70. The zero-order valence-electron chi connectivity index (χ0n) is 12.9. The Balaban J connectivity index is 2.15. The number of fused-ring (bicyclic) bond motifs is 1. The Bertz CT molecular complexity index is 820. The van der Waals surface area contributed by atoms with Crippen molar-refractivity contribution in [1.29, 1.82) is 0 Å². The summed E-state index contributed by atoms with van der Waals surface area (Å²) in [4.78, 5) is 12.5. The van der Waals surface area contributed by atoms with Crippen molar-refractivity contribution in [3.63, 3.8) is 0 Å². The molecule has 1 aliphatic heterocycles. The molecule has 1 aliphatic rings. The second-order valence-electron chi connectivity index (χ2n) is 5.49. The SMILES string of the molecule is Nc1cccc(/C(NCCCF)=C2/C(=O)Nc3ccc(Br)cc32)c1. The normalized spacial score (nSPS) is 15.0. The molecule has 1 heterocycles. The predicted octanol–water partition coefficient (Wildman–Crippen LogP) is 3.80. The maximum absolute atomic E-state index is 12.5. The topological polar surface area (TPSA) is 67.1 Å². The van der Waals surface area contributed by atoms with E-state index in [1.54, 1.807) is 12.1 Å². The molecule has 0 aromatic heterocycles. The zero-order chi connectivity index (χ0) is 17.1. The molecule has 0 bridgehead atoms. The zero-order valence-corrected chi connectivity index (χ0v) is 14.5. The minimum atomic E-state index is -0.416. The summed E-state index contributed by atoms with van der Waals surface area (Å²) < 4.78 is 13.4. The third-order valence-corrected chi connectivity index (χ3v) is 4.26. The first-order chi connectivity index (χ1) is 11.6. The van der Waals surface area contributed by atoms with E-state index < -0.39 is 6.67 Å². The number of hydrogen-bond acceptors (Lipinski definition) is 3. The molecule has 0 fully saturated rings. The Morgan fingerprint density at radius 2 is 2.08 bits per heavy atom. The van der Waals surface area contributed by atoms with Crippen LogP contribution in [0.5, 0.6) is 0 Å². The maximum atomic E-state index is 12.5. The number of carbonyl (C=O) groups is 1. The lowest BCUT2D eigenvalue weighted by molar-refractivity contribution is -0.110. The van der Waals surface area contributed by atoms with Crippen LogP contribution in [0.2, 0.25) is 0 Å². The summed E-state index contributed by atoms with van der Waals surface area (Å²) >= 11 is 3.44. The summed E-state index contributed by atoms with van der Waals surface area (Å²) in [5, 5.41) is 6.07. The Kier molecular flexibility index (Phi) is 4.85. The van der Waals surface area contributed by atoms with Crippen molar-refractivity contribution in [3.8, 4) is 0 Å². The summed E-state index contributed by atoms with van der Waals surface area (Å²) in [7, 11) is 0. The lowest BCUT2D eigenvalue weighted by atomic mass is 10.00. The van der Waals surface area contributed by atoms with Crippen LogP contribution in [0.1, 0.15) is 17.5 Å².